The predicted octanol–water partition coefficient (Wildman–Crippen LogP) is 2.31. The molecule has 0 bridgehead atoms. The van der Waals surface area contributed by atoms with Crippen LogP contribution in [0.25, 0.3) is 0 Å². The zero-order valence-electron chi connectivity index (χ0n) is 9.34. The maximum atomic E-state index is 10.8. The van der Waals surface area contributed by atoms with E-state index in [1.165, 1.54) is 26.2 Å². The minimum absolute atomic E-state index is 0.00471. The first-order valence-electron chi connectivity index (χ1n) is 5.27. The van der Waals surface area contributed by atoms with Crippen LogP contribution in [0, 0.1) is 0 Å². The molecule has 1 aliphatic rings. The van der Waals surface area contributed by atoms with Gasteiger partial charge in [0.15, 0.2) is 0 Å². The molecule has 1 rings (SSSR count). The molecule has 0 N–H and O–H groups in total. The first-order chi connectivity index (χ1) is 6.58. The van der Waals surface area contributed by atoms with Gasteiger partial charge >= 0.3 is 98.8 Å². The number of carbonyl (C=O) groups is 1. The SMILES string of the molecule is COC1(C)CCCC[CH]1[Hg][O]C(C)=O. The molecule has 0 aromatic heterocycles. The summed E-state index contributed by atoms with van der Waals surface area (Å²) >= 11 is -1.53. The van der Waals surface area contributed by atoms with Crippen LogP contribution in [0.2, 0.25) is 3.43 Å². The Labute approximate surface area is 98.6 Å². The average molecular weight is 387 g/mol. The fourth-order valence-electron chi connectivity index (χ4n) is 2.12. The van der Waals surface area contributed by atoms with E-state index in [1.54, 1.807) is 7.11 Å². The summed E-state index contributed by atoms with van der Waals surface area (Å²) in [6.45, 7) is 3.67. The van der Waals surface area contributed by atoms with Crippen molar-refractivity contribution in [3.63, 3.8) is 0 Å². The van der Waals surface area contributed by atoms with Crippen LogP contribution in [0.5, 0.6) is 0 Å². The van der Waals surface area contributed by atoms with Crippen molar-refractivity contribution in [3.8, 4) is 0 Å². The molecule has 1 aliphatic carbocycles. The summed E-state index contributed by atoms with van der Waals surface area (Å²) in [5.74, 6) is -0.101. The van der Waals surface area contributed by atoms with Gasteiger partial charge in [0.05, 0.1) is 0 Å². The van der Waals surface area contributed by atoms with Gasteiger partial charge in [-0.15, -0.1) is 0 Å². The summed E-state index contributed by atoms with van der Waals surface area (Å²) < 4.78 is 11.4. The molecule has 0 aromatic carbocycles. The molecule has 0 aromatic rings. The number of rotatable bonds is 3. The molecule has 2 unspecified atom stereocenters. The molecule has 0 heterocycles. The Hall–Kier alpha value is 0.365. The van der Waals surface area contributed by atoms with Crippen LogP contribution in [-0.4, -0.2) is 18.7 Å². The van der Waals surface area contributed by atoms with Gasteiger partial charge in [0.25, 0.3) is 0 Å². The molecule has 0 radical (unpaired) electrons. The summed E-state index contributed by atoms with van der Waals surface area (Å²) in [7, 11) is 1.78. The van der Waals surface area contributed by atoms with Crippen molar-refractivity contribution in [3.05, 3.63) is 0 Å². The van der Waals surface area contributed by atoms with E-state index in [9.17, 15) is 4.79 Å². The molecule has 1 saturated carbocycles. The second-order valence-electron chi connectivity index (χ2n) is 4.26. The van der Waals surface area contributed by atoms with Crippen LogP contribution in [0.1, 0.15) is 39.5 Å². The second-order valence-corrected chi connectivity index (χ2v) is 10.5. The third-order valence-corrected chi connectivity index (χ3v) is 12.0. The molecule has 1 fully saturated rings. The van der Waals surface area contributed by atoms with E-state index in [2.05, 4.69) is 6.92 Å². The van der Waals surface area contributed by atoms with E-state index < -0.39 is 25.0 Å². The molecule has 4 heteroatoms. The number of ether oxygens (including phenoxy) is 1. The summed E-state index contributed by atoms with van der Waals surface area (Å²) in [5.41, 5.74) is -0.00471. The second kappa shape index (κ2) is 5.45. The Morgan fingerprint density at radius 3 is 2.79 bits per heavy atom. The molecule has 0 spiro atoms. The Balaban J connectivity index is 2.50. The predicted molar refractivity (Wildman–Crippen MR) is 49.4 cm³/mol. The average Bonchev–Trinajstić information content (AvgIpc) is 2.16. The Bertz CT molecular complexity index is 208. The monoisotopic (exact) mass is 388 g/mol. The van der Waals surface area contributed by atoms with Gasteiger partial charge in [-0.05, 0) is 0 Å². The van der Waals surface area contributed by atoms with Crippen LogP contribution in [-0.2, 0) is 37.2 Å². The molecule has 0 saturated heterocycles. The van der Waals surface area contributed by atoms with Crippen molar-refractivity contribution in [1.82, 2.24) is 0 Å². The van der Waals surface area contributed by atoms with E-state index >= 15 is 0 Å². The van der Waals surface area contributed by atoms with Crippen LogP contribution in [0.3, 0.4) is 0 Å². The van der Waals surface area contributed by atoms with Crippen LogP contribution in [0.15, 0.2) is 0 Å². The molecule has 14 heavy (non-hydrogen) atoms. The maximum absolute atomic E-state index is 10.8. The molecular formula is C10H18HgO3. The number of carbonyl (C=O) groups excluding carboxylic acids is 1. The number of hydrogen-bond acceptors (Lipinski definition) is 3. The summed E-state index contributed by atoms with van der Waals surface area (Å²) in [4.78, 5) is 10.8. The van der Waals surface area contributed by atoms with E-state index in [4.69, 9.17) is 7.38 Å². The Morgan fingerprint density at radius 2 is 2.21 bits per heavy atom. The molecule has 3 nitrogen and oxygen atoms in total. The van der Waals surface area contributed by atoms with E-state index in [0.717, 1.165) is 6.42 Å². The van der Waals surface area contributed by atoms with Gasteiger partial charge in [-0.25, -0.2) is 0 Å². The van der Waals surface area contributed by atoms with Crippen molar-refractivity contribution < 1.29 is 37.2 Å². The van der Waals surface area contributed by atoms with Crippen LogP contribution < -0.4 is 0 Å². The van der Waals surface area contributed by atoms with Gasteiger partial charge in [0, 0.05) is 0 Å². The normalized spacial score (nSPS) is 32.1. The van der Waals surface area contributed by atoms with Crippen molar-refractivity contribution in [2.75, 3.05) is 7.11 Å². The van der Waals surface area contributed by atoms with E-state index in [-0.39, 0.29) is 11.6 Å². The van der Waals surface area contributed by atoms with Crippen LogP contribution >= 0.6 is 0 Å². The fourth-order valence-corrected chi connectivity index (χ4v) is 8.40. The van der Waals surface area contributed by atoms with Gasteiger partial charge in [0.2, 0.25) is 0 Å². The summed E-state index contributed by atoms with van der Waals surface area (Å²) in [6, 6.07) is 0. The summed E-state index contributed by atoms with van der Waals surface area (Å²) in [6.07, 6.45) is 4.83. The molecular weight excluding hydrogens is 369 g/mol. The first-order valence-corrected chi connectivity index (χ1v) is 10.7. The van der Waals surface area contributed by atoms with Crippen molar-refractivity contribution in [2.45, 2.75) is 48.6 Å². The van der Waals surface area contributed by atoms with Gasteiger partial charge < -0.3 is 0 Å². The standard InChI is InChI=1S/C8H15O.C2H4O2.Hg/c1-8(9-2)6-4-3-5-7-8;1-2(3)4;/h6H,3-5,7H2,1-2H3;1H3,(H,3,4);/q;;+1/p-1. The third-order valence-electron chi connectivity index (χ3n) is 3.29. The van der Waals surface area contributed by atoms with Gasteiger partial charge in [-0.3, -0.25) is 0 Å². The minimum atomic E-state index is -1.53. The zero-order valence-corrected chi connectivity index (χ0v) is 14.8. The number of hydrogen-bond donors (Lipinski definition) is 0. The third kappa shape index (κ3) is 3.19. The van der Waals surface area contributed by atoms with Crippen LogP contribution in [0.4, 0.5) is 0 Å². The zero-order chi connectivity index (χ0) is 10.6. The fraction of sp³-hybridized carbons (Fsp3) is 0.900. The van der Waals surface area contributed by atoms with E-state index in [0.29, 0.717) is 3.43 Å². The van der Waals surface area contributed by atoms with Gasteiger partial charge in [-0.2, -0.15) is 0 Å². The molecule has 78 valence electrons. The van der Waals surface area contributed by atoms with Crippen molar-refractivity contribution >= 4 is 5.97 Å². The van der Waals surface area contributed by atoms with Gasteiger partial charge in [0.1, 0.15) is 0 Å². The Kier molecular flexibility index (Phi) is 4.84. The topological polar surface area (TPSA) is 35.5 Å². The molecule has 0 amide bonds. The summed E-state index contributed by atoms with van der Waals surface area (Å²) in [5, 5.41) is 0. The van der Waals surface area contributed by atoms with Crippen molar-refractivity contribution in [2.24, 2.45) is 0 Å². The molecule has 0 aliphatic heterocycles. The first kappa shape index (κ1) is 12.4. The Morgan fingerprint density at radius 1 is 1.50 bits per heavy atom. The van der Waals surface area contributed by atoms with Crippen molar-refractivity contribution in [1.29, 1.82) is 0 Å². The number of methoxy groups -OCH3 is 1. The van der Waals surface area contributed by atoms with E-state index in [1.807, 2.05) is 0 Å². The van der Waals surface area contributed by atoms with Gasteiger partial charge in [-0.1, -0.05) is 0 Å². The molecule has 2 atom stereocenters. The quantitative estimate of drug-likeness (QED) is 0.698.